The third kappa shape index (κ3) is 0.922. The number of nitrogens with zero attached hydrogens (tertiary/aromatic N) is 3. The van der Waals surface area contributed by atoms with E-state index in [1.54, 1.807) is 7.11 Å². The van der Waals surface area contributed by atoms with Crippen LogP contribution in [-0.2, 0) is 4.74 Å². The van der Waals surface area contributed by atoms with E-state index in [2.05, 4.69) is 0 Å². The fraction of sp³-hybridized carbons (Fsp3) is 0.556. The third-order valence-corrected chi connectivity index (χ3v) is 7.78. The molecule has 4 saturated carbocycles. The van der Waals surface area contributed by atoms with Crippen LogP contribution in [0.5, 0.6) is 0 Å². The fourth-order valence-corrected chi connectivity index (χ4v) is 7.44. The Hall–Kier alpha value is -2.08. The normalized spacial score (nSPS) is 47.0. The number of hydrogen-bond acceptors (Lipinski definition) is 3. The van der Waals surface area contributed by atoms with Crippen molar-refractivity contribution in [2.24, 2.45) is 35.0 Å². The highest BCUT2D eigenvalue weighted by atomic mass is 16.5. The Morgan fingerprint density at radius 3 is 2.08 bits per heavy atom. The number of aromatic nitrogens is 3. The predicted octanol–water partition coefficient (Wildman–Crippen LogP) is 0.665. The first-order valence-corrected chi connectivity index (χ1v) is 8.74. The van der Waals surface area contributed by atoms with Crippen LogP contribution in [0.4, 0.5) is 0 Å². The smallest absolute Gasteiger partial charge is 0.352 e. The van der Waals surface area contributed by atoms with Gasteiger partial charge in [0.15, 0.2) is 0 Å². The van der Waals surface area contributed by atoms with Gasteiger partial charge in [0.1, 0.15) is 0 Å². The molecule has 0 radical (unpaired) electrons. The molecule has 8 rings (SSSR count). The zero-order chi connectivity index (χ0) is 16.0. The molecule has 8 atom stereocenters. The van der Waals surface area contributed by atoms with Gasteiger partial charge in [-0.1, -0.05) is 18.2 Å². The van der Waals surface area contributed by atoms with Crippen molar-refractivity contribution in [1.29, 1.82) is 0 Å². The van der Waals surface area contributed by atoms with Crippen molar-refractivity contribution in [2.75, 3.05) is 13.7 Å². The van der Waals surface area contributed by atoms with Gasteiger partial charge in [-0.3, -0.25) is 0 Å². The summed E-state index contributed by atoms with van der Waals surface area (Å²) in [4.78, 5) is 26.2. The Morgan fingerprint density at radius 2 is 1.54 bits per heavy atom. The molecule has 6 nitrogen and oxygen atoms in total. The van der Waals surface area contributed by atoms with Crippen LogP contribution in [0, 0.1) is 35.0 Å². The first kappa shape index (κ1) is 12.3. The second-order valence-electron chi connectivity index (χ2n) is 8.18. The van der Waals surface area contributed by atoms with Crippen LogP contribution >= 0.6 is 0 Å². The van der Waals surface area contributed by atoms with E-state index in [4.69, 9.17) is 4.74 Å². The van der Waals surface area contributed by atoms with Gasteiger partial charge >= 0.3 is 11.4 Å². The number of para-hydroxylation sites is 1. The maximum absolute atomic E-state index is 13.1. The van der Waals surface area contributed by atoms with E-state index < -0.39 is 0 Å². The lowest BCUT2D eigenvalue weighted by Crippen LogP contribution is -2.45. The molecule has 2 aromatic rings. The summed E-state index contributed by atoms with van der Waals surface area (Å²) in [7, 11) is 1.77. The summed E-state index contributed by atoms with van der Waals surface area (Å²) in [6.45, 7) is 0.791. The molecular formula is C18H17N3O3. The third-order valence-electron chi connectivity index (χ3n) is 7.78. The first-order valence-electron chi connectivity index (χ1n) is 8.74. The maximum Gasteiger partial charge on any atom is 0.352 e. The minimum Gasteiger partial charge on any atom is -0.384 e. The van der Waals surface area contributed by atoms with E-state index in [-0.39, 0.29) is 28.9 Å². The van der Waals surface area contributed by atoms with Crippen molar-refractivity contribution < 1.29 is 4.74 Å². The van der Waals surface area contributed by atoms with Crippen molar-refractivity contribution in [3.05, 3.63) is 51.3 Å². The molecule has 122 valence electrons. The van der Waals surface area contributed by atoms with E-state index in [9.17, 15) is 9.59 Å². The van der Waals surface area contributed by atoms with Crippen LogP contribution in [-0.4, -0.2) is 27.6 Å². The molecule has 6 heteroatoms. The van der Waals surface area contributed by atoms with Gasteiger partial charge in [-0.25, -0.2) is 23.5 Å². The van der Waals surface area contributed by atoms with E-state index in [0.717, 1.165) is 6.61 Å². The van der Waals surface area contributed by atoms with E-state index in [1.165, 1.54) is 4.57 Å². The van der Waals surface area contributed by atoms with Gasteiger partial charge < -0.3 is 4.74 Å². The Kier molecular flexibility index (Phi) is 1.71. The standard InChI is InChI=1S/C18H17N3O3/c1-24-7-18-11-9-10(11)15-13(18)12(18)14(9)20-16(22)19(17(23)21(15)20)8-5-3-2-4-6-8/h2-6,9-15H,7H2,1H3/t9-,10+,11?,12+,13-,14-,15-,18?/m1/s1. The quantitative estimate of drug-likeness (QED) is 0.834. The van der Waals surface area contributed by atoms with Crippen LogP contribution in [0.25, 0.3) is 5.69 Å². The van der Waals surface area contributed by atoms with Gasteiger partial charge in [0.05, 0.1) is 24.4 Å². The fourth-order valence-electron chi connectivity index (χ4n) is 7.44. The van der Waals surface area contributed by atoms with Crippen LogP contribution in [0.2, 0.25) is 0 Å². The molecule has 2 unspecified atom stereocenters. The lowest BCUT2D eigenvalue weighted by molar-refractivity contribution is 0.112. The number of benzene rings is 1. The van der Waals surface area contributed by atoms with Crippen LogP contribution < -0.4 is 11.4 Å². The molecule has 24 heavy (non-hydrogen) atoms. The molecule has 0 N–H and O–H groups in total. The summed E-state index contributed by atoms with van der Waals surface area (Å²) < 4.78 is 10.5. The summed E-state index contributed by atoms with van der Waals surface area (Å²) in [5.74, 6) is 2.98. The molecule has 1 aromatic heterocycles. The minimum atomic E-state index is -0.163. The lowest BCUT2D eigenvalue weighted by atomic mass is 9.89. The van der Waals surface area contributed by atoms with Gasteiger partial charge in [-0.05, 0) is 41.7 Å². The Bertz CT molecular complexity index is 977. The van der Waals surface area contributed by atoms with Gasteiger partial charge in [0.2, 0.25) is 0 Å². The van der Waals surface area contributed by atoms with Crippen LogP contribution in [0.1, 0.15) is 12.1 Å². The summed E-state index contributed by atoms with van der Waals surface area (Å²) in [5.41, 5.74) is 0.609. The summed E-state index contributed by atoms with van der Waals surface area (Å²) in [5, 5.41) is 0. The van der Waals surface area contributed by atoms with Crippen molar-refractivity contribution in [3.63, 3.8) is 0 Å². The highest BCUT2D eigenvalue weighted by molar-refractivity contribution is 5.44. The molecule has 0 saturated heterocycles. The molecule has 4 aliphatic carbocycles. The Balaban J connectivity index is 1.49. The summed E-state index contributed by atoms with van der Waals surface area (Å²) >= 11 is 0. The maximum atomic E-state index is 13.1. The summed E-state index contributed by atoms with van der Waals surface area (Å²) in [6, 6.07) is 9.72. The van der Waals surface area contributed by atoms with Gasteiger partial charge in [0.25, 0.3) is 0 Å². The van der Waals surface area contributed by atoms with E-state index in [0.29, 0.717) is 35.3 Å². The number of hydrogen-bond donors (Lipinski definition) is 0. The predicted molar refractivity (Wildman–Crippen MR) is 84.1 cm³/mol. The molecular weight excluding hydrogens is 306 g/mol. The number of ether oxygens (including phenoxy) is 1. The topological polar surface area (TPSA) is 58.2 Å². The van der Waals surface area contributed by atoms with Crippen molar-refractivity contribution in [1.82, 2.24) is 13.9 Å². The highest BCUT2D eigenvalue weighted by Crippen LogP contribution is 2.97. The van der Waals surface area contributed by atoms with Gasteiger partial charge in [0, 0.05) is 12.5 Å². The molecule has 3 heterocycles. The Morgan fingerprint density at radius 1 is 0.958 bits per heavy atom. The van der Waals surface area contributed by atoms with Crippen LogP contribution in [0.3, 0.4) is 0 Å². The van der Waals surface area contributed by atoms with Gasteiger partial charge in [-0.2, -0.15) is 0 Å². The number of methoxy groups -OCH3 is 1. The Labute approximate surface area is 137 Å². The molecule has 2 bridgehead atoms. The zero-order valence-corrected chi connectivity index (χ0v) is 13.2. The molecule has 0 amide bonds. The van der Waals surface area contributed by atoms with E-state index >= 15 is 0 Å². The lowest BCUT2D eigenvalue weighted by Gasteiger charge is -2.36. The van der Waals surface area contributed by atoms with Crippen molar-refractivity contribution in [2.45, 2.75) is 12.1 Å². The van der Waals surface area contributed by atoms with E-state index in [1.807, 2.05) is 39.7 Å². The minimum absolute atomic E-state index is 0.163. The van der Waals surface area contributed by atoms with Gasteiger partial charge in [-0.15, -0.1) is 0 Å². The highest BCUT2D eigenvalue weighted by Gasteiger charge is 2.97. The molecule has 0 spiro atoms. The first-order chi connectivity index (χ1) is 11.7. The van der Waals surface area contributed by atoms with Crippen LogP contribution in [0.15, 0.2) is 39.9 Å². The molecule has 6 aliphatic rings. The largest absolute Gasteiger partial charge is 0.384 e. The second-order valence-corrected chi connectivity index (χ2v) is 8.18. The monoisotopic (exact) mass is 323 g/mol. The number of rotatable bonds is 3. The molecule has 2 aliphatic heterocycles. The van der Waals surface area contributed by atoms with Crippen molar-refractivity contribution in [3.8, 4) is 5.69 Å². The summed E-state index contributed by atoms with van der Waals surface area (Å²) in [6.07, 6.45) is 0. The SMILES string of the molecule is COCC12C3[C@@H]4[C@H]3[C@@H]3[C@@H]1[C@@H]2[C@@H]4n1c(=O)n(-c2ccccc2)c(=O)n13. The molecule has 1 aromatic carbocycles. The average molecular weight is 323 g/mol. The average Bonchev–Trinajstić information content (AvgIpc) is 3.41. The zero-order valence-electron chi connectivity index (χ0n) is 13.2. The molecule has 4 fully saturated rings. The second kappa shape index (κ2) is 3.33. The van der Waals surface area contributed by atoms with Crippen molar-refractivity contribution >= 4 is 0 Å².